The molecule has 0 saturated heterocycles. The molecule has 0 amide bonds. The van der Waals surface area contributed by atoms with Crippen molar-refractivity contribution in [3.05, 3.63) is 212 Å². The fraction of sp³-hybridized carbons (Fsp3) is 0. The van der Waals surface area contributed by atoms with Crippen molar-refractivity contribution < 1.29 is 4.42 Å². The number of hydrogen-bond donors (Lipinski definition) is 0. The molecule has 0 spiro atoms. The average molecular weight is 705 g/mol. The van der Waals surface area contributed by atoms with Crippen LogP contribution in [0.5, 0.6) is 0 Å². The summed E-state index contributed by atoms with van der Waals surface area (Å²) in [6, 6.07) is 63.0. The van der Waals surface area contributed by atoms with Crippen molar-refractivity contribution in [2.24, 2.45) is 0 Å². The number of allylic oxidation sites excluding steroid dienone is 4. The number of benzene rings is 8. The Morgan fingerprint density at radius 2 is 1.15 bits per heavy atom. The molecular weight excluding hydrogens is 669 g/mol. The van der Waals surface area contributed by atoms with E-state index in [1.807, 2.05) is 18.2 Å². The van der Waals surface area contributed by atoms with Crippen LogP contribution in [0.25, 0.3) is 77.4 Å². The number of rotatable bonds is 8. The van der Waals surface area contributed by atoms with Gasteiger partial charge < -0.3 is 13.9 Å². The molecule has 0 aliphatic heterocycles. The highest BCUT2D eigenvalue weighted by molar-refractivity contribution is 6.14. The van der Waals surface area contributed by atoms with Gasteiger partial charge in [0.05, 0.1) is 16.7 Å². The van der Waals surface area contributed by atoms with E-state index >= 15 is 0 Å². The van der Waals surface area contributed by atoms with Crippen molar-refractivity contribution >= 4 is 77.7 Å². The summed E-state index contributed by atoms with van der Waals surface area (Å²) in [5.41, 5.74) is 11.6. The van der Waals surface area contributed by atoms with Crippen LogP contribution in [-0.2, 0) is 0 Å². The van der Waals surface area contributed by atoms with Crippen LogP contribution in [0.2, 0.25) is 0 Å². The van der Waals surface area contributed by atoms with Crippen LogP contribution in [0, 0.1) is 0 Å². The number of hydrogen-bond acceptors (Lipinski definition) is 2. The van der Waals surface area contributed by atoms with Gasteiger partial charge in [-0.15, -0.1) is 0 Å². The lowest BCUT2D eigenvalue weighted by Crippen LogP contribution is -2.12. The SMILES string of the molecule is C=C/C=C\C=C\c1ccc(N(c2cccc(-n3c4ccccc4c4ccccc43)c2)c2ccccc2-c2cccc3c2oc2cc4ccccc4cc23)cc1. The lowest BCUT2D eigenvalue weighted by atomic mass is 9.98. The van der Waals surface area contributed by atoms with Crippen LogP contribution in [0.1, 0.15) is 5.56 Å². The minimum Gasteiger partial charge on any atom is -0.455 e. The smallest absolute Gasteiger partial charge is 0.143 e. The predicted octanol–water partition coefficient (Wildman–Crippen LogP) is 14.7. The molecule has 0 atom stereocenters. The fourth-order valence-corrected chi connectivity index (χ4v) is 8.03. The third-order valence-corrected chi connectivity index (χ3v) is 10.5. The summed E-state index contributed by atoms with van der Waals surface area (Å²) in [5, 5.41) is 7.08. The zero-order chi connectivity index (χ0) is 36.7. The van der Waals surface area contributed by atoms with Gasteiger partial charge in [0.25, 0.3) is 0 Å². The van der Waals surface area contributed by atoms with Gasteiger partial charge in [-0.3, -0.25) is 0 Å². The molecule has 0 aliphatic rings. The molecule has 2 aromatic heterocycles. The number of furan rings is 1. The Bertz CT molecular complexity index is 3070. The van der Waals surface area contributed by atoms with E-state index in [1.54, 1.807) is 6.08 Å². The molecule has 3 nitrogen and oxygen atoms in total. The van der Waals surface area contributed by atoms with E-state index < -0.39 is 0 Å². The Kier molecular flexibility index (Phi) is 7.96. The molecule has 55 heavy (non-hydrogen) atoms. The van der Waals surface area contributed by atoms with Crippen LogP contribution < -0.4 is 4.90 Å². The van der Waals surface area contributed by atoms with Crippen molar-refractivity contribution in [2.45, 2.75) is 0 Å². The molecule has 10 aromatic rings. The van der Waals surface area contributed by atoms with Gasteiger partial charge in [0, 0.05) is 49.7 Å². The summed E-state index contributed by atoms with van der Waals surface area (Å²) in [5.74, 6) is 0. The standard InChI is InChI=1S/C52H36N2O/c1-2-3-4-5-16-36-29-31-39(32-30-36)53(40-19-14-20-41(35-40)54-49-27-12-8-21-42(49)43-22-9-13-28-50(43)54)48-26-11-10-23-44(48)45-24-15-25-46-47-33-37-17-6-7-18-38(37)34-51(47)55-52(45)46/h2-35H,1H2/b4-3-,16-5+. The van der Waals surface area contributed by atoms with Crippen LogP contribution in [0.4, 0.5) is 17.1 Å². The minimum atomic E-state index is 0.882. The van der Waals surface area contributed by atoms with Crippen molar-refractivity contribution in [2.75, 3.05) is 4.90 Å². The molecule has 0 fully saturated rings. The van der Waals surface area contributed by atoms with Gasteiger partial charge in [0.1, 0.15) is 11.2 Å². The highest BCUT2D eigenvalue weighted by Crippen LogP contribution is 2.45. The van der Waals surface area contributed by atoms with Gasteiger partial charge >= 0.3 is 0 Å². The molecule has 0 bridgehead atoms. The first-order valence-corrected chi connectivity index (χ1v) is 18.6. The van der Waals surface area contributed by atoms with Gasteiger partial charge in [-0.2, -0.15) is 0 Å². The lowest BCUT2D eigenvalue weighted by Gasteiger charge is -2.28. The Balaban J connectivity index is 1.18. The van der Waals surface area contributed by atoms with Gasteiger partial charge in [-0.05, 0) is 77.0 Å². The molecule has 0 aliphatic carbocycles. The Labute approximate surface area is 319 Å². The van der Waals surface area contributed by atoms with Crippen molar-refractivity contribution in [3.8, 4) is 16.8 Å². The van der Waals surface area contributed by atoms with E-state index in [9.17, 15) is 0 Å². The maximum absolute atomic E-state index is 6.77. The Hall–Kier alpha value is -7.36. The van der Waals surface area contributed by atoms with E-state index in [-0.39, 0.29) is 0 Å². The summed E-state index contributed by atoms with van der Waals surface area (Å²) in [7, 11) is 0. The molecule has 0 N–H and O–H groups in total. The van der Waals surface area contributed by atoms with Crippen LogP contribution in [0.3, 0.4) is 0 Å². The first-order valence-electron chi connectivity index (χ1n) is 18.6. The first kappa shape index (κ1) is 32.3. The highest BCUT2D eigenvalue weighted by Gasteiger charge is 2.21. The minimum absolute atomic E-state index is 0.882. The summed E-state index contributed by atoms with van der Waals surface area (Å²) < 4.78 is 9.15. The van der Waals surface area contributed by atoms with Gasteiger partial charge in [-0.25, -0.2) is 0 Å². The number of para-hydroxylation sites is 4. The Morgan fingerprint density at radius 3 is 1.93 bits per heavy atom. The van der Waals surface area contributed by atoms with E-state index in [1.165, 1.54) is 32.6 Å². The van der Waals surface area contributed by atoms with Gasteiger partial charge in [0.15, 0.2) is 0 Å². The summed E-state index contributed by atoms with van der Waals surface area (Å²) in [4.78, 5) is 2.37. The quantitative estimate of drug-likeness (QED) is 0.147. The lowest BCUT2D eigenvalue weighted by molar-refractivity contribution is 0.670. The Morgan fingerprint density at radius 1 is 0.491 bits per heavy atom. The van der Waals surface area contributed by atoms with Crippen molar-refractivity contribution in [1.29, 1.82) is 0 Å². The summed E-state index contributed by atoms with van der Waals surface area (Å²) in [6.07, 6.45) is 9.85. The van der Waals surface area contributed by atoms with Crippen LogP contribution in [-0.4, -0.2) is 4.57 Å². The monoisotopic (exact) mass is 704 g/mol. The van der Waals surface area contributed by atoms with Gasteiger partial charge in [-0.1, -0.05) is 152 Å². The average Bonchev–Trinajstić information content (AvgIpc) is 3.78. The number of anilines is 3. The second-order valence-corrected chi connectivity index (χ2v) is 13.8. The second kappa shape index (κ2) is 13.6. The third kappa shape index (κ3) is 5.62. The summed E-state index contributed by atoms with van der Waals surface area (Å²) in [6.45, 7) is 3.78. The molecule has 2 heterocycles. The molecule has 0 unspecified atom stereocenters. The maximum atomic E-state index is 6.77. The van der Waals surface area contributed by atoms with E-state index in [2.05, 4.69) is 198 Å². The van der Waals surface area contributed by atoms with E-state index in [0.29, 0.717) is 0 Å². The van der Waals surface area contributed by atoms with Gasteiger partial charge in [0.2, 0.25) is 0 Å². The zero-order valence-corrected chi connectivity index (χ0v) is 30.1. The number of aromatic nitrogens is 1. The fourth-order valence-electron chi connectivity index (χ4n) is 8.03. The number of fused-ring (bicyclic) bond motifs is 7. The summed E-state index contributed by atoms with van der Waals surface area (Å²) >= 11 is 0. The van der Waals surface area contributed by atoms with E-state index in [4.69, 9.17) is 4.42 Å². The zero-order valence-electron chi connectivity index (χ0n) is 30.1. The molecular formula is C52H36N2O. The molecule has 260 valence electrons. The molecule has 0 radical (unpaired) electrons. The third-order valence-electron chi connectivity index (χ3n) is 10.5. The maximum Gasteiger partial charge on any atom is 0.143 e. The number of nitrogens with zero attached hydrogens (tertiary/aromatic N) is 2. The largest absolute Gasteiger partial charge is 0.455 e. The van der Waals surface area contributed by atoms with E-state index in [0.717, 1.165) is 61.4 Å². The van der Waals surface area contributed by atoms with Crippen LogP contribution >= 0.6 is 0 Å². The second-order valence-electron chi connectivity index (χ2n) is 13.8. The molecule has 0 saturated carbocycles. The molecule has 3 heteroatoms. The van der Waals surface area contributed by atoms with Crippen LogP contribution in [0.15, 0.2) is 211 Å². The topological polar surface area (TPSA) is 21.3 Å². The molecule has 8 aromatic carbocycles. The predicted molar refractivity (Wildman–Crippen MR) is 234 cm³/mol. The van der Waals surface area contributed by atoms with Crippen molar-refractivity contribution in [1.82, 2.24) is 4.57 Å². The van der Waals surface area contributed by atoms with Crippen molar-refractivity contribution in [3.63, 3.8) is 0 Å². The normalized spacial score (nSPS) is 11.9. The highest BCUT2D eigenvalue weighted by atomic mass is 16.3. The first-order chi connectivity index (χ1) is 27.2. The molecule has 10 rings (SSSR count).